The summed E-state index contributed by atoms with van der Waals surface area (Å²) >= 11 is 6.01. The minimum atomic E-state index is -0.476. The van der Waals surface area contributed by atoms with Gasteiger partial charge in [0, 0.05) is 43.9 Å². The normalized spacial score (nSPS) is 15.0. The average molecular weight is 448 g/mol. The fraction of sp³-hybridized carbons (Fsp3) is 0.500. The van der Waals surface area contributed by atoms with Crippen molar-refractivity contribution in [3.63, 3.8) is 0 Å². The first-order valence-corrected chi connectivity index (χ1v) is 10.9. The molecule has 9 heteroatoms. The molecule has 1 aliphatic rings. The number of nitrogens with zero attached hydrogens (tertiary/aromatic N) is 4. The van der Waals surface area contributed by atoms with E-state index >= 15 is 0 Å². The van der Waals surface area contributed by atoms with Gasteiger partial charge in [0.2, 0.25) is 0 Å². The van der Waals surface area contributed by atoms with E-state index < -0.39 is 5.60 Å². The number of rotatable bonds is 6. The van der Waals surface area contributed by atoms with Gasteiger partial charge in [-0.3, -0.25) is 9.69 Å². The van der Waals surface area contributed by atoms with Gasteiger partial charge in [-0.15, -0.1) is 0 Å². The van der Waals surface area contributed by atoms with Gasteiger partial charge in [-0.1, -0.05) is 17.7 Å². The van der Waals surface area contributed by atoms with E-state index in [0.29, 0.717) is 30.4 Å². The molecule has 0 saturated carbocycles. The smallest absolute Gasteiger partial charge is 0.410 e. The highest BCUT2D eigenvalue weighted by Crippen LogP contribution is 2.14. The lowest BCUT2D eigenvalue weighted by atomic mass is 10.2. The zero-order valence-corrected chi connectivity index (χ0v) is 19.1. The summed E-state index contributed by atoms with van der Waals surface area (Å²) in [7, 11) is 0. The van der Waals surface area contributed by atoms with E-state index in [2.05, 4.69) is 15.3 Å². The second kappa shape index (κ2) is 10.2. The SMILES string of the molecule is CC(C)(C)OC(=O)N1CCN(CCCNC(=O)c2ccn(-c3cccc(Cl)c3)n2)CC1. The van der Waals surface area contributed by atoms with Crippen LogP contribution in [0.3, 0.4) is 0 Å². The second-order valence-electron chi connectivity index (χ2n) is 8.54. The Labute approximate surface area is 188 Å². The number of hydrogen-bond donors (Lipinski definition) is 1. The Balaban J connectivity index is 1.36. The summed E-state index contributed by atoms with van der Waals surface area (Å²) in [5.41, 5.74) is 0.694. The summed E-state index contributed by atoms with van der Waals surface area (Å²) < 4.78 is 7.05. The molecule has 1 N–H and O–H groups in total. The first kappa shape index (κ1) is 23.1. The summed E-state index contributed by atoms with van der Waals surface area (Å²) in [5.74, 6) is -0.199. The summed E-state index contributed by atoms with van der Waals surface area (Å²) in [6, 6.07) is 8.99. The monoisotopic (exact) mass is 447 g/mol. The van der Waals surface area contributed by atoms with Gasteiger partial charge in [0.05, 0.1) is 5.69 Å². The number of nitrogens with one attached hydrogen (secondary N) is 1. The lowest BCUT2D eigenvalue weighted by Crippen LogP contribution is -2.50. The fourth-order valence-electron chi connectivity index (χ4n) is 3.28. The highest BCUT2D eigenvalue weighted by Gasteiger charge is 2.25. The van der Waals surface area contributed by atoms with Crippen LogP contribution in [-0.4, -0.2) is 76.5 Å². The van der Waals surface area contributed by atoms with Gasteiger partial charge in [-0.2, -0.15) is 5.10 Å². The number of halogens is 1. The largest absolute Gasteiger partial charge is 0.444 e. The van der Waals surface area contributed by atoms with E-state index in [1.807, 2.05) is 32.9 Å². The van der Waals surface area contributed by atoms with Crippen LogP contribution in [0.15, 0.2) is 36.5 Å². The summed E-state index contributed by atoms with van der Waals surface area (Å²) in [6.07, 6.45) is 2.31. The molecule has 2 amide bonds. The molecule has 0 unspecified atom stereocenters. The highest BCUT2D eigenvalue weighted by atomic mass is 35.5. The van der Waals surface area contributed by atoms with Gasteiger partial charge < -0.3 is 15.0 Å². The second-order valence-corrected chi connectivity index (χ2v) is 8.98. The van der Waals surface area contributed by atoms with Crippen molar-refractivity contribution in [3.05, 3.63) is 47.2 Å². The molecule has 1 fully saturated rings. The standard InChI is InChI=1S/C22H30ClN5O3/c1-22(2,3)31-21(30)27-14-12-26(13-15-27)10-5-9-24-20(29)19-8-11-28(25-19)18-7-4-6-17(23)16-18/h4,6-8,11,16H,5,9-10,12-15H2,1-3H3,(H,24,29). The Morgan fingerprint density at radius 1 is 1.16 bits per heavy atom. The van der Waals surface area contributed by atoms with Crippen LogP contribution in [0.5, 0.6) is 0 Å². The first-order chi connectivity index (χ1) is 14.7. The maximum atomic E-state index is 12.4. The predicted octanol–water partition coefficient (Wildman–Crippen LogP) is 3.20. The number of hydrogen-bond acceptors (Lipinski definition) is 5. The molecular weight excluding hydrogens is 418 g/mol. The Kier molecular flexibility index (Phi) is 7.56. The molecule has 0 spiro atoms. The van der Waals surface area contributed by atoms with Crippen molar-refractivity contribution in [2.75, 3.05) is 39.3 Å². The number of carbonyl (C=O) groups is 2. The van der Waals surface area contributed by atoms with Crippen molar-refractivity contribution in [1.82, 2.24) is 24.9 Å². The molecule has 1 aromatic heterocycles. The van der Waals surface area contributed by atoms with Crippen molar-refractivity contribution >= 4 is 23.6 Å². The summed E-state index contributed by atoms with van der Waals surface area (Å²) in [5, 5.41) is 7.86. The zero-order chi connectivity index (χ0) is 22.4. The van der Waals surface area contributed by atoms with E-state index in [1.54, 1.807) is 34.0 Å². The molecule has 1 aliphatic heterocycles. The van der Waals surface area contributed by atoms with E-state index in [-0.39, 0.29) is 12.0 Å². The number of ether oxygens (including phenoxy) is 1. The van der Waals surface area contributed by atoms with Crippen LogP contribution < -0.4 is 5.32 Å². The molecule has 168 valence electrons. The minimum Gasteiger partial charge on any atom is -0.444 e. The van der Waals surface area contributed by atoms with E-state index in [9.17, 15) is 9.59 Å². The molecule has 1 saturated heterocycles. The summed E-state index contributed by atoms with van der Waals surface area (Å²) in [4.78, 5) is 28.5. The van der Waals surface area contributed by atoms with Crippen LogP contribution in [0, 0.1) is 0 Å². The lowest BCUT2D eigenvalue weighted by molar-refractivity contribution is 0.0144. The molecule has 1 aromatic carbocycles. The quantitative estimate of drug-likeness (QED) is 0.688. The number of benzene rings is 1. The Morgan fingerprint density at radius 3 is 2.58 bits per heavy atom. The molecule has 2 heterocycles. The number of amides is 2. The van der Waals surface area contributed by atoms with Crippen LogP contribution >= 0.6 is 11.6 Å². The fourth-order valence-corrected chi connectivity index (χ4v) is 3.47. The topological polar surface area (TPSA) is 79.7 Å². The third kappa shape index (κ3) is 6.97. The number of carbonyl (C=O) groups excluding carboxylic acids is 2. The number of aromatic nitrogens is 2. The highest BCUT2D eigenvalue weighted by molar-refractivity contribution is 6.30. The Hall–Kier alpha value is -2.58. The van der Waals surface area contributed by atoms with Crippen molar-refractivity contribution in [1.29, 1.82) is 0 Å². The van der Waals surface area contributed by atoms with Gasteiger partial charge in [-0.25, -0.2) is 9.48 Å². The van der Waals surface area contributed by atoms with Gasteiger partial charge in [0.25, 0.3) is 5.91 Å². The molecule has 0 bridgehead atoms. The minimum absolute atomic E-state index is 0.199. The maximum Gasteiger partial charge on any atom is 0.410 e. The molecule has 8 nitrogen and oxygen atoms in total. The van der Waals surface area contributed by atoms with Crippen LogP contribution in [0.2, 0.25) is 5.02 Å². The average Bonchev–Trinajstić information content (AvgIpc) is 3.21. The van der Waals surface area contributed by atoms with Gasteiger partial charge in [0.15, 0.2) is 5.69 Å². The van der Waals surface area contributed by atoms with Crippen molar-refractivity contribution in [2.24, 2.45) is 0 Å². The molecule has 0 radical (unpaired) electrons. The third-order valence-corrected chi connectivity index (χ3v) is 5.09. The van der Waals surface area contributed by atoms with Crippen molar-refractivity contribution in [3.8, 4) is 5.69 Å². The van der Waals surface area contributed by atoms with E-state index in [0.717, 1.165) is 31.7 Å². The van der Waals surface area contributed by atoms with Crippen molar-refractivity contribution < 1.29 is 14.3 Å². The first-order valence-electron chi connectivity index (χ1n) is 10.5. The van der Waals surface area contributed by atoms with Crippen LogP contribution in [-0.2, 0) is 4.74 Å². The summed E-state index contributed by atoms with van der Waals surface area (Å²) in [6.45, 7) is 9.96. The van der Waals surface area contributed by atoms with Crippen molar-refractivity contribution in [2.45, 2.75) is 32.8 Å². The van der Waals surface area contributed by atoms with Gasteiger partial charge >= 0.3 is 6.09 Å². The Bertz CT molecular complexity index is 901. The maximum absolute atomic E-state index is 12.4. The molecule has 3 rings (SSSR count). The lowest BCUT2D eigenvalue weighted by Gasteiger charge is -2.35. The molecule has 2 aromatic rings. The van der Waals surface area contributed by atoms with Gasteiger partial charge in [-0.05, 0) is 58.0 Å². The zero-order valence-electron chi connectivity index (χ0n) is 18.3. The van der Waals surface area contributed by atoms with E-state index in [1.165, 1.54) is 0 Å². The van der Waals surface area contributed by atoms with E-state index in [4.69, 9.17) is 16.3 Å². The third-order valence-electron chi connectivity index (χ3n) is 4.86. The van der Waals surface area contributed by atoms with Crippen LogP contribution in [0.25, 0.3) is 5.69 Å². The van der Waals surface area contributed by atoms with Crippen LogP contribution in [0.4, 0.5) is 4.79 Å². The molecule has 0 atom stereocenters. The van der Waals surface area contributed by atoms with Gasteiger partial charge in [0.1, 0.15) is 5.60 Å². The number of piperazine rings is 1. The predicted molar refractivity (Wildman–Crippen MR) is 120 cm³/mol. The molecule has 0 aliphatic carbocycles. The van der Waals surface area contributed by atoms with Crippen LogP contribution in [0.1, 0.15) is 37.7 Å². The molecular formula is C22H30ClN5O3. The Morgan fingerprint density at radius 2 is 1.90 bits per heavy atom. The molecule has 31 heavy (non-hydrogen) atoms.